The molecule has 0 unspecified atom stereocenters. The molecule has 0 fully saturated rings. The van der Waals surface area contributed by atoms with E-state index in [2.05, 4.69) is 11.4 Å². The third-order valence-electron chi connectivity index (χ3n) is 3.51. The highest BCUT2D eigenvalue weighted by atomic mass is 16.4. The summed E-state index contributed by atoms with van der Waals surface area (Å²) in [4.78, 5) is 11.8. The van der Waals surface area contributed by atoms with Crippen molar-refractivity contribution in [1.82, 2.24) is 0 Å². The van der Waals surface area contributed by atoms with E-state index in [1.54, 1.807) is 12.1 Å². The zero-order valence-electron chi connectivity index (χ0n) is 11.9. The number of fused-ring (bicyclic) bond motifs is 1. The molecule has 3 N–H and O–H groups in total. The highest BCUT2D eigenvalue weighted by Gasteiger charge is 2.12. The van der Waals surface area contributed by atoms with Crippen LogP contribution in [-0.2, 0) is 0 Å². The quantitative estimate of drug-likeness (QED) is 0.750. The van der Waals surface area contributed by atoms with Gasteiger partial charge in [0, 0.05) is 11.1 Å². The van der Waals surface area contributed by atoms with Crippen molar-refractivity contribution in [3.63, 3.8) is 0 Å². The zero-order valence-corrected chi connectivity index (χ0v) is 11.9. The zero-order chi connectivity index (χ0) is 15.0. The average Bonchev–Trinajstić information content (AvgIpc) is 2.45. The van der Waals surface area contributed by atoms with E-state index in [1.807, 2.05) is 38.1 Å². The predicted octanol–water partition coefficient (Wildman–Crippen LogP) is 3.74. The molecule has 0 atom stereocenters. The monoisotopic (exact) mass is 280 g/mol. The van der Waals surface area contributed by atoms with E-state index >= 15 is 0 Å². The van der Waals surface area contributed by atoms with E-state index in [1.165, 1.54) is 5.56 Å². The van der Waals surface area contributed by atoms with Gasteiger partial charge in [-0.3, -0.25) is 0 Å². The van der Waals surface area contributed by atoms with Crippen LogP contribution in [0.25, 0.3) is 10.8 Å². The van der Waals surface area contributed by atoms with Crippen LogP contribution in [0.15, 0.2) is 51.7 Å². The Hall–Kier alpha value is -2.75. The molecular weight excluding hydrogens is 264 g/mol. The molecule has 106 valence electrons. The fourth-order valence-electron chi connectivity index (χ4n) is 2.44. The van der Waals surface area contributed by atoms with E-state index < -0.39 is 5.63 Å². The lowest BCUT2D eigenvalue weighted by atomic mass is 10.1. The largest absolute Gasteiger partial charge is 0.404 e. The van der Waals surface area contributed by atoms with Crippen molar-refractivity contribution in [2.75, 3.05) is 11.1 Å². The van der Waals surface area contributed by atoms with Gasteiger partial charge in [-0.15, -0.1) is 0 Å². The minimum atomic E-state index is -0.422. The van der Waals surface area contributed by atoms with Crippen molar-refractivity contribution in [2.45, 2.75) is 13.8 Å². The maximum Gasteiger partial charge on any atom is 0.345 e. The van der Waals surface area contributed by atoms with E-state index in [-0.39, 0.29) is 5.88 Å². The molecule has 0 spiro atoms. The van der Waals surface area contributed by atoms with Gasteiger partial charge in [-0.25, -0.2) is 4.79 Å². The Labute approximate surface area is 122 Å². The number of hydrogen-bond donors (Lipinski definition) is 2. The number of nitrogens with two attached hydrogens (primary N) is 1. The minimum Gasteiger partial charge on any atom is -0.404 e. The molecule has 0 saturated carbocycles. The van der Waals surface area contributed by atoms with Crippen LogP contribution in [0.3, 0.4) is 0 Å². The average molecular weight is 280 g/mol. The van der Waals surface area contributed by atoms with Gasteiger partial charge in [0.25, 0.3) is 0 Å². The summed E-state index contributed by atoms with van der Waals surface area (Å²) in [6, 6.07) is 13.4. The lowest BCUT2D eigenvalue weighted by Gasteiger charge is -2.13. The summed E-state index contributed by atoms with van der Waals surface area (Å²) in [5.74, 6) is 0.0960. The number of anilines is 3. The Bertz CT molecular complexity index is 882. The van der Waals surface area contributed by atoms with E-state index in [0.29, 0.717) is 11.1 Å². The number of aryl methyl sites for hydroxylation is 2. The topological polar surface area (TPSA) is 68.3 Å². The van der Waals surface area contributed by atoms with Gasteiger partial charge in [-0.1, -0.05) is 35.9 Å². The molecule has 0 saturated heterocycles. The van der Waals surface area contributed by atoms with Crippen LogP contribution in [0.2, 0.25) is 0 Å². The predicted molar refractivity (Wildman–Crippen MR) is 86.1 cm³/mol. The summed E-state index contributed by atoms with van der Waals surface area (Å²) in [6.45, 7) is 4.06. The van der Waals surface area contributed by atoms with E-state index in [0.717, 1.165) is 16.6 Å². The number of hydrogen-bond acceptors (Lipinski definition) is 4. The summed E-state index contributed by atoms with van der Waals surface area (Å²) in [5, 5.41) is 4.55. The minimum absolute atomic E-state index is 0.0960. The van der Waals surface area contributed by atoms with E-state index in [4.69, 9.17) is 10.2 Å². The third kappa shape index (κ3) is 2.36. The van der Waals surface area contributed by atoms with Crippen LogP contribution in [0.4, 0.5) is 17.3 Å². The number of nitrogens with one attached hydrogen (secondary N) is 1. The van der Waals surface area contributed by atoms with Gasteiger partial charge in [0.2, 0.25) is 5.88 Å². The molecule has 0 aliphatic carbocycles. The molecule has 4 nitrogen and oxygen atoms in total. The molecule has 1 heterocycles. The SMILES string of the molecule is Cc1ccc(Nc2c(N)oc(=O)c3ccccc23)c(C)c1. The smallest absolute Gasteiger partial charge is 0.345 e. The van der Waals surface area contributed by atoms with E-state index in [9.17, 15) is 4.79 Å². The van der Waals surface area contributed by atoms with Gasteiger partial charge in [-0.2, -0.15) is 0 Å². The van der Waals surface area contributed by atoms with Gasteiger partial charge < -0.3 is 15.5 Å². The van der Waals surface area contributed by atoms with Crippen molar-refractivity contribution < 1.29 is 4.42 Å². The number of rotatable bonds is 2. The van der Waals surface area contributed by atoms with Gasteiger partial charge in [-0.05, 0) is 31.5 Å². The van der Waals surface area contributed by atoms with Crippen LogP contribution < -0.4 is 16.7 Å². The van der Waals surface area contributed by atoms with Crippen LogP contribution in [0, 0.1) is 13.8 Å². The van der Waals surface area contributed by atoms with Gasteiger partial charge >= 0.3 is 5.63 Å². The first-order valence-electron chi connectivity index (χ1n) is 6.72. The maximum atomic E-state index is 11.8. The molecule has 0 aliphatic rings. The normalized spacial score (nSPS) is 10.8. The first-order chi connectivity index (χ1) is 10.1. The maximum absolute atomic E-state index is 11.8. The summed E-state index contributed by atoms with van der Waals surface area (Å²) in [5.41, 5.74) is 9.31. The fraction of sp³-hybridized carbons (Fsp3) is 0.118. The first-order valence-corrected chi connectivity index (χ1v) is 6.72. The first kappa shape index (κ1) is 13.2. The van der Waals surface area contributed by atoms with Gasteiger partial charge in [0.05, 0.1) is 5.39 Å². The van der Waals surface area contributed by atoms with Crippen molar-refractivity contribution in [2.24, 2.45) is 0 Å². The van der Waals surface area contributed by atoms with Crippen LogP contribution in [0.1, 0.15) is 11.1 Å². The summed E-state index contributed by atoms with van der Waals surface area (Å²) >= 11 is 0. The molecule has 3 aromatic rings. The summed E-state index contributed by atoms with van der Waals surface area (Å²) < 4.78 is 5.12. The van der Waals surface area contributed by atoms with Gasteiger partial charge in [0.1, 0.15) is 5.69 Å². The highest BCUT2D eigenvalue weighted by molar-refractivity contribution is 5.98. The standard InChI is InChI=1S/C17H16N2O2/c1-10-7-8-14(11(2)9-10)19-15-12-5-3-4-6-13(12)17(20)21-16(15)18/h3-9,19H,18H2,1-2H3. The van der Waals surface area contributed by atoms with Gasteiger partial charge in [0.15, 0.2) is 0 Å². The number of benzene rings is 2. The van der Waals surface area contributed by atoms with Crippen LogP contribution in [0.5, 0.6) is 0 Å². The third-order valence-corrected chi connectivity index (χ3v) is 3.51. The van der Waals surface area contributed by atoms with Crippen LogP contribution >= 0.6 is 0 Å². The second kappa shape index (κ2) is 4.98. The molecule has 2 aromatic carbocycles. The molecular formula is C17H16N2O2. The Morgan fingerprint density at radius 3 is 2.48 bits per heavy atom. The molecule has 1 aromatic heterocycles. The molecule has 4 heteroatoms. The summed E-state index contributed by atoms with van der Waals surface area (Å²) in [6.07, 6.45) is 0. The van der Waals surface area contributed by atoms with Crippen LogP contribution in [-0.4, -0.2) is 0 Å². The molecule has 0 radical (unpaired) electrons. The van der Waals surface area contributed by atoms with Crippen molar-refractivity contribution in [1.29, 1.82) is 0 Å². The Kier molecular flexibility index (Phi) is 3.14. The lowest BCUT2D eigenvalue weighted by molar-refractivity contribution is 0.542. The second-order valence-electron chi connectivity index (χ2n) is 5.12. The molecule has 0 amide bonds. The summed E-state index contributed by atoms with van der Waals surface area (Å²) in [7, 11) is 0. The molecule has 0 bridgehead atoms. The Morgan fingerprint density at radius 2 is 1.76 bits per heavy atom. The van der Waals surface area contributed by atoms with Crippen molar-refractivity contribution >= 4 is 28.0 Å². The second-order valence-corrected chi connectivity index (χ2v) is 5.12. The molecule has 0 aliphatic heterocycles. The van der Waals surface area contributed by atoms with Crippen molar-refractivity contribution in [3.05, 3.63) is 64.0 Å². The lowest BCUT2D eigenvalue weighted by Crippen LogP contribution is -2.06. The molecule has 21 heavy (non-hydrogen) atoms. The Morgan fingerprint density at radius 1 is 1.05 bits per heavy atom. The molecule has 3 rings (SSSR count). The Balaban J connectivity index is 2.19. The van der Waals surface area contributed by atoms with Crippen molar-refractivity contribution in [3.8, 4) is 0 Å². The highest BCUT2D eigenvalue weighted by Crippen LogP contribution is 2.31. The number of nitrogen functional groups attached to an aromatic ring is 1. The fourth-order valence-corrected chi connectivity index (χ4v) is 2.44.